The third-order valence-electron chi connectivity index (χ3n) is 6.21. The Balaban J connectivity index is 1.45. The molecule has 1 atom stereocenters. The van der Waals surface area contributed by atoms with E-state index in [0.29, 0.717) is 57.6 Å². The fraction of sp³-hybridized carbons (Fsp3) is 0.115. The number of ether oxygens (including phenoxy) is 2. The second-order valence-electron chi connectivity index (χ2n) is 8.47. The number of amidine groups is 1. The van der Waals surface area contributed by atoms with E-state index in [0.717, 1.165) is 0 Å². The van der Waals surface area contributed by atoms with Crippen LogP contribution in [0.4, 0.5) is 10.1 Å². The summed E-state index contributed by atoms with van der Waals surface area (Å²) >= 11 is 5.88. The number of anilines is 1. The quantitative estimate of drug-likeness (QED) is 0.379. The lowest BCUT2D eigenvalue weighted by molar-refractivity contribution is 0.102. The number of halogens is 2. The van der Waals surface area contributed by atoms with Crippen molar-refractivity contribution in [1.29, 1.82) is 0 Å². The Morgan fingerprint density at radius 1 is 1.03 bits per heavy atom. The molecular weight excluding hydrogens is 499 g/mol. The predicted molar refractivity (Wildman–Crippen MR) is 134 cm³/mol. The van der Waals surface area contributed by atoms with Crippen molar-refractivity contribution in [3.05, 3.63) is 94.9 Å². The summed E-state index contributed by atoms with van der Waals surface area (Å²) in [6.07, 6.45) is 4.81. The maximum atomic E-state index is 13.8. The van der Waals surface area contributed by atoms with Crippen molar-refractivity contribution >= 4 is 29.2 Å². The number of nitrogens with two attached hydrogens (primary N) is 1. The number of hydrogen-bond acceptors (Lipinski definition) is 8. The molecule has 5 heterocycles. The maximum Gasteiger partial charge on any atom is 0.283 e. The number of pyridine rings is 3. The van der Waals surface area contributed by atoms with Gasteiger partial charge in [-0.15, -0.1) is 0 Å². The minimum Gasteiger partial charge on any atom is -0.465 e. The SMILES string of the molecule is NC1=N[C@@]2(CCO1)c1cc(NC(=O)c3ccc(Cl)cn3)ccc1Oc1cnc(-c3ccnc(F)c3)cc12. The van der Waals surface area contributed by atoms with Gasteiger partial charge in [-0.1, -0.05) is 11.6 Å². The molecule has 1 aromatic carbocycles. The summed E-state index contributed by atoms with van der Waals surface area (Å²) in [6, 6.07) is 13.2. The number of rotatable bonds is 3. The third kappa shape index (κ3) is 4.11. The van der Waals surface area contributed by atoms with Gasteiger partial charge in [-0.25, -0.2) is 15.0 Å². The summed E-state index contributed by atoms with van der Waals surface area (Å²) < 4.78 is 25.4. The Kier molecular flexibility index (Phi) is 5.45. The van der Waals surface area contributed by atoms with Crippen molar-refractivity contribution in [1.82, 2.24) is 15.0 Å². The predicted octanol–water partition coefficient (Wildman–Crippen LogP) is 4.67. The van der Waals surface area contributed by atoms with Crippen molar-refractivity contribution in [3.8, 4) is 22.8 Å². The van der Waals surface area contributed by atoms with Crippen LogP contribution in [0.2, 0.25) is 5.02 Å². The lowest BCUT2D eigenvalue weighted by atomic mass is 9.77. The van der Waals surface area contributed by atoms with E-state index in [2.05, 4.69) is 20.3 Å². The number of fused-ring (bicyclic) bond motifs is 4. The second kappa shape index (κ2) is 8.82. The van der Waals surface area contributed by atoms with Crippen LogP contribution in [0.3, 0.4) is 0 Å². The molecule has 6 rings (SSSR count). The summed E-state index contributed by atoms with van der Waals surface area (Å²) in [4.78, 5) is 29.7. The Hall–Kier alpha value is -4.57. The molecule has 3 N–H and O–H groups in total. The van der Waals surface area contributed by atoms with E-state index in [1.807, 2.05) is 0 Å². The van der Waals surface area contributed by atoms with E-state index in [1.165, 1.54) is 24.5 Å². The number of hydrogen-bond donors (Lipinski definition) is 2. The lowest BCUT2D eigenvalue weighted by Crippen LogP contribution is -2.38. The molecule has 2 aliphatic heterocycles. The molecule has 0 saturated heterocycles. The third-order valence-corrected chi connectivity index (χ3v) is 6.44. The molecular formula is C26H18ClFN6O3. The molecule has 37 heavy (non-hydrogen) atoms. The molecule has 0 unspecified atom stereocenters. The van der Waals surface area contributed by atoms with Gasteiger partial charge in [-0.05, 0) is 42.5 Å². The zero-order valence-electron chi connectivity index (χ0n) is 19.1. The first-order valence-electron chi connectivity index (χ1n) is 11.3. The number of aliphatic imine (C=N–C) groups is 1. The summed E-state index contributed by atoms with van der Waals surface area (Å²) in [5.41, 5.74) is 8.25. The highest BCUT2D eigenvalue weighted by atomic mass is 35.5. The average Bonchev–Trinajstić information content (AvgIpc) is 2.89. The monoisotopic (exact) mass is 516 g/mol. The Morgan fingerprint density at radius 2 is 1.89 bits per heavy atom. The van der Waals surface area contributed by atoms with Gasteiger partial charge in [0.1, 0.15) is 17.0 Å². The van der Waals surface area contributed by atoms with Gasteiger partial charge in [-0.2, -0.15) is 4.39 Å². The Morgan fingerprint density at radius 3 is 2.68 bits per heavy atom. The van der Waals surface area contributed by atoms with Gasteiger partial charge in [-0.3, -0.25) is 9.78 Å². The number of carbonyl (C=O) groups is 1. The van der Waals surface area contributed by atoms with Crippen LogP contribution in [0.25, 0.3) is 11.3 Å². The minimum atomic E-state index is -0.978. The van der Waals surface area contributed by atoms with Crippen LogP contribution in [0.1, 0.15) is 28.0 Å². The van der Waals surface area contributed by atoms with Crippen LogP contribution in [-0.4, -0.2) is 33.5 Å². The zero-order chi connectivity index (χ0) is 25.6. The Bertz CT molecular complexity index is 1580. The van der Waals surface area contributed by atoms with Crippen molar-refractivity contribution in [2.75, 3.05) is 11.9 Å². The first kappa shape index (κ1) is 22.9. The van der Waals surface area contributed by atoms with E-state index in [-0.39, 0.29) is 11.7 Å². The van der Waals surface area contributed by atoms with E-state index in [1.54, 1.807) is 42.6 Å². The summed E-state index contributed by atoms with van der Waals surface area (Å²) in [7, 11) is 0. The number of nitrogens with zero attached hydrogens (tertiary/aromatic N) is 4. The summed E-state index contributed by atoms with van der Waals surface area (Å²) in [5.74, 6) is 0.0191. The smallest absolute Gasteiger partial charge is 0.283 e. The summed E-state index contributed by atoms with van der Waals surface area (Å²) in [5, 5.41) is 3.29. The number of nitrogens with one attached hydrogen (secondary N) is 1. The number of amides is 1. The van der Waals surface area contributed by atoms with E-state index < -0.39 is 17.4 Å². The molecule has 2 aliphatic rings. The molecule has 184 valence electrons. The lowest BCUT2D eigenvalue weighted by Gasteiger charge is -2.39. The first-order valence-corrected chi connectivity index (χ1v) is 11.6. The fourth-order valence-electron chi connectivity index (χ4n) is 4.53. The molecule has 1 spiro atoms. The van der Waals surface area contributed by atoms with Crippen molar-refractivity contribution < 1.29 is 18.7 Å². The topological polar surface area (TPSA) is 125 Å². The van der Waals surface area contributed by atoms with Crippen molar-refractivity contribution in [2.45, 2.75) is 12.0 Å². The van der Waals surface area contributed by atoms with Gasteiger partial charge >= 0.3 is 0 Å². The van der Waals surface area contributed by atoms with Crippen molar-refractivity contribution in [2.24, 2.45) is 10.7 Å². The van der Waals surface area contributed by atoms with Crippen LogP contribution in [-0.2, 0) is 10.3 Å². The molecule has 0 bridgehead atoms. The minimum absolute atomic E-state index is 0.0261. The summed E-state index contributed by atoms with van der Waals surface area (Å²) in [6.45, 7) is 0.307. The van der Waals surface area contributed by atoms with Crippen LogP contribution >= 0.6 is 11.6 Å². The molecule has 9 nitrogen and oxygen atoms in total. The van der Waals surface area contributed by atoms with Crippen LogP contribution in [0.15, 0.2) is 72.1 Å². The first-order chi connectivity index (χ1) is 17.9. The van der Waals surface area contributed by atoms with Crippen LogP contribution in [0, 0.1) is 5.95 Å². The van der Waals surface area contributed by atoms with Crippen molar-refractivity contribution in [3.63, 3.8) is 0 Å². The number of carbonyl (C=O) groups excluding carboxylic acids is 1. The van der Waals surface area contributed by atoms with E-state index >= 15 is 0 Å². The van der Waals surface area contributed by atoms with Gasteiger partial charge in [0.25, 0.3) is 11.9 Å². The maximum absolute atomic E-state index is 13.8. The number of benzene rings is 1. The standard InChI is InChI=1S/C26H18ClFN6O3/c27-15-1-3-19(31-12-15)24(35)33-16-2-4-21-17(10-16)26(6-8-36-25(29)34-26)18-11-20(32-13-22(18)37-21)14-5-7-30-23(28)9-14/h1-5,7,9-13H,6,8H2,(H2,29,34)(H,33,35)/t26-/m0/s1. The van der Waals surface area contributed by atoms with E-state index in [4.69, 9.17) is 31.8 Å². The fourth-order valence-corrected chi connectivity index (χ4v) is 4.64. The van der Waals surface area contributed by atoms with Gasteiger partial charge in [0.15, 0.2) is 5.75 Å². The Labute approximate surface area is 215 Å². The van der Waals surface area contributed by atoms with Gasteiger partial charge in [0, 0.05) is 47.3 Å². The molecule has 3 aromatic heterocycles. The largest absolute Gasteiger partial charge is 0.465 e. The normalized spacial score (nSPS) is 17.6. The molecule has 0 aliphatic carbocycles. The van der Waals surface area contributed by atoms with Crippen LogP contribution in [0.5, 0.6) is 11.5 Å². The average molecular weight is 517 g/mol. The zero-order valence-corrected chi connectivity index (χ0v) is 19.9. The molecule has 0 fully saturated rings. The molecule has 1 amide bonds. The second-order valence-corrected chi connectivity index (χ2v) is 8.91. The highest BCUT2D eigenvalue weighted by molar-refractivity contribution is 6.30. The molecule has 0 radical (unpaired) electrons. The number of aromatic nitrogens is 3. The van der Waals surface area contributed by atoms with E-state index in [9.17, 15) is 9.18 Å². The van der Waals surface area contributed by atoms with Gasteiger partial charge in [0.2, 0.25) is 5.95 Å². The molecule has 0 saturated carbocycles. The van der Waals surface area contributed by atoms with Gasteiger partial charge in [0.05, 0.1) is 23.5 Å². The highest BCUT2D eigenvalue weighted by Crippen LogP contribution is 2.52. The molecule has 11 heteroatoms. The highest BCUT2D eigenvalue weighted by Gasteiger charge is 2.45. The molecule has 4 aromatic rings. The van der Waals surface area contributed by atoms with Crippen LogP contribution < -0.4 is 15.8 Å². The van der Waals surface area contributed by atoms with Gasteiger partial charge < -0.3 is 20.5 Å².